The first kappa shape index (κ1) is 13.6. The van der Waals surface area contributed by atoms with Gasteiger partial charge in [-0.3, -0.25) is 0 Å². The smallest absolute Gasteiger partial charge is 0.141 e. The molecule has 0 spiro atoms. The van der Waals surface area contributed by atoms with Gasteiger partial charge >= 0.3 is 0 Å². The molecule has 0 radical (unpaired) electrons. The van der Waals surface area contributed by atoms with E-state index in [1.807, 2.05) is 0 Å². The largest absolute Gasteiger partial charge is 0.320 e. The van der Waals surface area contributed by atoms with Gasteiger partial charge in [-0.05, 0) is 35.4 Å². The molecule has 0 saturated carbocycles. The highest BCUT2D eigenvalue weighted by atomic mass is 35.5. The van der Waals surface area contributed by atoms with Gasteiger partial charge in [-0.2, -0.15) is 0 Å². The first-order chi connectivity index (χ1) is 8.49. The van der Waals surface area contributed by atoms with Gasteiger partial charge in [0.05, 0.1) is 21.1 Å². The highest BCUT2D eigenvalue weighted by Crippen LogP contribution is 2.29. The summed E-state index contributed by atoms with van der Waals surface area (Å²) in [4.78, 5) is 0. The molecular weight excluding hydrogens is 296 g/mol. The number of rotatable bonds is 2. The van der Waals surface area contributed by atoms with Crippen molar-refractivity contribution in [3.63, 3.8) is 0 Å². The highest BCUT2D eigenvalue weighted by molar-refractivity contribution is 6.42. The topological polar surface area (TPSA) is 26.0 Å². The molecule has 0 aliphatic heterocycles. The van der Waals surface area contributed by atoms with E-state index in [0.717, 1.165) is 5.56 Å². The van der Waals surface area contributed by atoms with E-state index >= 15 is 0 Å². The summed E-state index contributed by atoms with van der Waals surface area (Å²) in [6.07, 6.45) is 0. The van der Waals surface area contributed by atoms with Gasteiger partial charge in [-0.1, -0.05) is 46.9 Å². The highest BCUT2D eigenvalue weighted by Gasteiger charge is 2.12. The van der Waals surface area contributed by atoms with E-state index < -0.39 is 11.9 Å². The molecule has 0 heterocycles. The molecule has 0 aliphatic carbocycles. The molecule has 0 saturated heterocycles. The van der Waals surface area contributed by atoms with Crippen LogP contribution in [0.15, 0.2) is 36.4 Å². The van der Waals surface area contributed by atoms with Crippen LogP contribution in [-0.4, -0.2) is 0 Å². The van der Waals surface area contributed by atoms with Gasteiger partial charge in [-0.15, -0.1) is 0 Å². The predicted molar refractivity (Wildman–Crippen MR) is 73.9 cm³/mol. The molecule has 1 unspecified atom stereocenters. The Morgan fingerprint density at radius 2 is 1.39 bits per heavy atom. The maximum Gasteiger partial charge on any atom is 0.141 e. The lowest BCUT2D eigenvalue weighted by Crippen LogP contribution is -2.11. The van der Waals surface area contributed by atoms with Crippen LogP contribution in [0.2, 0.25) is 15.1 Å². The standard InChI is InChI=1S/C13H9Cl3FN/c14-9-3-1-7(5-10(9)15)13(18)8-2-4-12(17)11(16)6-8/h1-6,13H,18H2. The molecule has 0 fully saturated rings. The van der Waals surface area contributed by atoms with Crippen LogP contribution in [0.1, 0.15) is 17.2 Å². The van der Waals surface area contributed by atoms with Crippen LogP contribution in [0.3, 0.4) is 0 Å². The molecule has 2 N–H and O–H groups in total. The van der Waals surface area contributed by atoms with Crippen molar-refractivity contribution in [3.8, 4) is 0 Å². The zero-order valence-electron chi connectivity index (χ0n) is 9.13. The lowest BCUT2D eigenvalue weighted by atomic mass is 10.00. The lowest BCUT2D eigenvalue weighted by molar-refractivity contribution is 0.627. The van der Waals surface area contributed by atoms with Crippen LogP contribution in [-0.2, 0) is 0 Å². The predicted octanol–water partition coefficient (Wildman–Crippen LogP) is 4.83. The van der Waals surface area contributed by atoms with Gasteiger partial charge in [0, 0.05) is 0 Å². The summed E-state index contributed by atoms with van der Waals surface area (Å²) in [5.41, 5.74) is 7.56. The second-order valence-electron chi connectivity index (χ2n) is 3.82. The van der Waals surface area contributed by atoms with Crippen molar-refractivity contribution in [1.29, 1.82) is 0 Å². The third-order valence-corrected chi connectivity index (χ3v) is 3.63. The normalized spacial score (nSPS) is 12.5. The second-order valence-corrected chi connectivity index (χ2v) is 5.05. The van der Waals surface area contributed by atoms with Crippen LogP contribution in [0.4, 0.5) is 4.39 Å². The first-order valence-corrected chi connectivity index (χ1v) is 6.28. The minimum atomic E-state index is -0.471. The molecule has 0 aliphatic rings. The number of hydrogen-bond donors (Lipinski definition) is 1. The van der Waals surface area contributed by atoms with Gasteiger partial charge in [0.1, 0.15) is 5.82 Å². The Morgan fingerprint density at radius 1 is 0.833 bits per heavy atom. The molecule has 5 heteroatoms. The van der Waals surface area contributed by atoms with E-state index in [1.165, 1.54) is 12.1 Å². The third kappa shape index (κ3) is 2.78. The molecule has 1 nitrogen and oxygen atoms in total. The van der Waals surface area contributed by atoms with Crippen molar-refractivity contribution in [2.75, 3.05) is 0 Å². The molecule has 2 aromatic carbocycles. The maximum absolute atomic E-state index is 13.1. The zero-order valence-corrected chi connectivity index (χ0v) is 11.4. The van der Waals surface area contributed by atoms with Crippen LogP contribution in [0.5, 0.6) is 0 Å². The Hall–Kier alpha value is -0.800. The molecule has 0 amide bonds. The summed E-state index contributed by atoms with van der Waals surface area (Å²) in [5, 5.41) is 0.936. The van der Waals surface area contributed by atoms with E-state index in [0.29, 0.717) is 15.6 Å². The van der Waals surface area contributed by atoms with Gasteiger partial charge in [0.15, 0.2) is 0 Å². The number of benzene rings is 2. The SMILES string of the molecule is NC(c1ccc(F)c(Cl)c1)c1ccc(Cl)c(Cl)c1. The Balaban J connectivity index is 2.37. The average Bonchev–Trinajstić information content (AvgIpc) is 2.35. The lowest BCUT2D eigenvalue weighted by Gasteiger charge is -2.13. The fourth-order valence-corrected chi connectivity index (χ4v) is 2.10. The monoisotopic (exact) mass is 303 g/mol. The van der Waals surface area contributed by atoms with Gasteiger partial charge in [0.2, 0.25) is 0 Å². The molecule has 2 aromatic rings. The van der Waals surface area contributed by atoms with E-state index in [4.69, 9.17) is 40.5 Å². The summed E-state index contributed by atoms with van der Waals surface area (Å²) >= 11 is 17.5. The zero-order chi connectivity index (χ0) is 13.3. The van der Waals surface area contributed by atoms with Gasteiger partial charge < -0.3 is 5.73 Å². The first-order valence-electron chi connectivity index (χ1n) is 5.14. The minimum Gasteiger partial charge on any atom is -0.320 e. The van der Waals surface area contributed by atoms with Crippen LogP contribution < -0.4 is 5.73 Å². The van der Waals surface area contributed by atoms with Crippen molar-refractivity contribution in [2.24, 2.45) is 5.73 Å². The molecule has 0 aromatic heterocycles. The Bertz CT molecular complexity index is 535. The molecule has 94 valence electrons. The molecule has 2 rings (SSSR count). The minimum absolute atomic E-state index is 0.0445. The van der Waals surface area contributed by atoms with Crippen molar-refractivity contribution in [1.82, 2.24) is 0 Å². The van der Waals surface area contributed by atoms with Crippen molar-refractivity contribution >= 4 is 34.8 Å². The van der Waals surface area contributed by atoms with E-state index in [1.54, 1.807) is 24.3 Å². The van der Waals surface area contributed by atoms with Crippen LogP contribution in [0.25, 0.3) is 0 Å². The third-order valence-electron chi connectivity index (χ3n) is 2.61. The van der Waals surface area contributed by atoms with Crippen LogP contribution in [0, 0.1) is 5.82 Å². The quantitative estimate of drug-likeness (QED) is 0.844. The van der Waals surface area contributed by atoms with Gasteiger partial charge in [-0.25, -0.2) is 4.39 Å². The van der Waals surface area contributed by atoms with Crippen molar-refractivity contribution in [2.45, 2.75) is 6.04 Å². The Labute approximate surface area is 119 Å². The van der Waals surface area contributed by atoms with E-state index in [2.05, 4.69) is 0 Å². The summed E-state index contributed by atoms with van der Waals surface area (Å²) in [6, 6.07) is 9.08. The molecule has 0 bridgehead atoms. The summed E-state index contributed by atoms with van der Waals surface area (Å²) in [5.74, 6) is -0.471. The number of halogens is 4. The Kier molecular flexibility index (Phi) is 4.13. The molecular formula is C13H9Cl3FN. The summed E-state index contributed by atoms with van der Waals surface area (Å²) < 4.78 is 13.1. The van der Waals surface area contributed by atoms with Crippen molar-refractivity contribution in [3.05, 3.63) is 68.4 Å². The average molecular weight is 305 g/mol. The second kappa shape index (κ2) is 5.45. The fourth-order valence-electron chi connectivity index (χ4n) is 1.60. The summed E-state index contributed by atoms with van der Waals surface area (Å²) in [7, 11) is 0. The van der Waals surface area contributed by atoms with Crippen molar-refractivity contribution < 1.29 is 4.39 Å². The number of hydrogen-bond acceptors (Lipinski definition) is 1. The fraction of sp³-hybridized carbons (Fsp3) is 0.0769. The maximum atomic E-state index is 13.1. The van der Waals surface area contributed by atoms with Gasteiger partial charge in [0.25, 0.3) is 0 Å². The number of nitrogens with two attached hydrogens (primary N) is 1. The Morgan fingerprint density at radius 3 is 1.94 bits per heavy atom. The molecule has 18 heavy (non-hydrogen) atoms. The molecule has 1 atom stereocenters. The summed E-state index contributed by atoms with van der Waals surface area (Å²) in [6.45, 7) is 0. The van der Waals surface area contributed by atoms with E-state index in [9.17, 15) is 4.39 Å². The van der Waals surface area contributed by atoms with Crippen LogP contribution >= 0.6 is 34.8 Å². The van der Waals surface area contributed by atoms with E-state index in [-0.39, 0.29) is 5.02 Å².